The molecule has 246 valence electrons. The number of ether oxygens (including phenoxy) is 12. The lowest BCUT2D eigenvalue weighted by atomic mass is 9.93. The fraction of sp³-hybridized carbons (Fsp3) is 0.846. The summed E-state index contributed by atoms with van der Waals surface area (Å²) in [4.78, 5) is 48.6. The number of esters is 4. The molecule has 12 atom stereocenters. The van der Waals surface area contributed by atoms with Gasteiger partial charge in [0.25, 0.3) is 0 Å². The molecule has 17 heteroatoms. The molecule has 0 radical (unpaired) electrons. The topological polar surface area (TPSA) is 205 Å². The number of carbonyl (C=O) groups is 4. The summed E-state index contributed by atoms with van der Waals surface area (Å²) in [6, 6.07) is -1.30. The van der Waals surface area contributed by atoms with E-state index in [0.29, 0.717) is 0 Å². The first-order chi connectivity index (χ1) is 20.1. The van der Waals surface area contributed by atoms with Crippen LogP contribution in [0.25, 0.3) is 0 Å². The van der Waals surface area contributed by atoms with Gasteiger partial charge in [-0.1, -0.05) is 0 Å². The van der Waals surface area contributed by atoms with E-state index in [9.17, 15) is 19.2 Å². The molecular weight excluding hydrogens is 582 g/mol. The first kappa shape index (κ1) is 35.0. The maximum Gasteiger partial charge on any atom is 0.337 e. The molecular formula is C26H41NO16. The third-order valence-corrected chi connectivity index (χ3v) is 7.53. The van der Waals surface area contributed by atoms with E-state index in [1.165, 1.54) is 28.3 Å². The molecule has 0 spiro atoms. The van der Waals surface area contributed by atoms with Crippen molar-refractivity contribution in [1.29, 1.82) is 0 Å². The van der Waals surface area contributed by atoms with Gasteiger partial charge < -0.3 is 62.6 Å². The first-order valence-electron chi connectivity index (χ1n) is 13.4. The smallest absolute Gasteiger partial charge is 0.337 e. The van der Waals surface area contributed by atoms with Crippen LogP contribution in [0, 0.1) is 0 Å². The van der Waals surface area contributed by atoms with Gasteiger partial charge >= 0.3 is 23.9 Å². The quantitative estimate of drug-likeness (QED) is 0.226. The van der Waals surface area contributed by atoms with E-state index in [4.69, 9.17) is 62.6 Å². The summed E-state index contributed by atoms with van der Waals surface area (Å²) in [7, 11) is 5.26. The van der Waals surface area contributed by atoms with E-state index in [0.717, 1.165) is 21.0 Å². The molecule has 3 saturated heterocycles. The van der Waals surface area contributed by atoms with Crippen LogP contribution >= 0.6 is 0 Å². The van der Waals surface area contributed by atoms with Gasteiger partial charge in [-0.25, -0.2) is 4.79 Å². The lowest BCUT2D eigenvalue weighted by Gasteiger charge is -2.57. The average molecular weight is 624 g/mol. The highest BCUT2D eigenvalue weighted by Crippen LogP contribution is 2.45. The Kier molecular flexibility index (Phi) is 11.5. The minimum absolute atomic E-state index is 0.426. The van der Waals surface area contributed by atoms with Gasteiger partial charge in [0, 0.05) is 42.1 Å². The minimum Gasteiger partial charge on any atom is -0.467 e. The second-order valence-electron chi connectivity index (χ2n) is 10.3. The predicted molar refractivity (Wildman–Crippen MR) is 138 cm³/mol. The Labute approximate surface area is 248 Å². The van der Waals surface area contributed by atoms with E-state index < -0.39 is 103 Å². The minimum atomic E-state index is -1.55. The molecule has 43 heavy (non-hydrogen) atoms. The largest absolute Gasteiger partial charge is 0.467 e. The van der Waals surface area contributed by atoms with E-state index >= 15 is 0 Å². The second kappa shape index (κ2) is 14.1. The zero-order chi connectivity index (χ0) is 32.3. The number of carbonyl (C=O) groups excluding carboxylic acids is 4. The van der Waals surface area contributed by atoms with Gasteiger partial charge in [-0.15, -0.1) is 0 Å². The number of rotatable bonds is 10. The third-order valence-electron chi connectivity index (χ3n) is 7.53. The van der Waals surface area contributed by atoms with Crippen molar-refractivity contribution in [2.24, 2.45) is 5.73 Å². The number of hydrogen-bond donors (Lipinski definition) is 1. The summed E-state index contributed by atoms with van der Waals surface area (Å²) >= 11 is 0. The predicted octanol–water partition coefficient (Wildman–Crippen LogP) is -1.10. The molecule has 0 aromatic heterocycles. The van der Waals surface area contributed by atoms with Crippen LogP contribution in [0.5, 0.6) is 0 Å². The highest BCUT2D eigenvalue weighted by atomic mass is 16.8. The number of nitrogens with two attached hydrogens (primary N) is 1. The second-order valence-corrected chi connectivity index (χ2v) is 10.3. The molecule has 0 amide bonds. The molecule has 3 heterocycles. The van der Waals surface area contributed by atoms with Crippen molar-refractivity contribution in [1.82, 2.24) is 0 Å². The molecule has 0 aliphatic carbocycles. The van der Waals surface area contributed by atoms with Gasteiger partial charge in [-0.3, -0.25) is 14.4 Å². The summed E-state index contributed by atoms with van der Waals surface area (Å²) < 4.78 is 68.4. The number of methoxy groups -OCH3 is 4. The van der Waals surface area contributed by atoms with Crippen molar-refractivity contribution in [3.05, 3.63) is 0 Å². The molecule has 0 saturated carbocycles. The van der Waals surface area contributed by atoms with Gasteiger partial charge in [-0.2, -0.15) is 0 Å². The number of fused-ring (bicyclic) bond motifs is 1. The Morgan fingerprint density at radius 3 is 1.79 bits per heavy atom. The van der Waals surface area contributed by atoms with Gasteiger partial charge in [0.2, 0.25) is 11.6 Å². The van der Waals surface area contributed by atoms with Gasteiger partial charge in [0.15, 0.2) is 30.9 Å². The summed E-state index contributed by atoms with van der Waals surface area (Å²) in [6.07, 6.45) is -11.5. The van der Waals surface area contributed by atoms with Crippen LogP contribution in [0.4, 0.5) is 0 Å². The van der Waals surface area contributed by atoms with E-state index in [2.05, 4.69) is 0 Å². The Balaban J connectivity index is 2.05. The Hall–Kier alpha value is -2.48. The zero-order valence-corrected chi connectivity index (χ0v) is 25.6. The third kappa shape index (κ3) is 7.26. The van der Waals surface area contributed by atoms with Crippen molar-refractivity contribution in [2.45, 2.75) is 108 Å². The summed E-state index contributed by atoms with van der Waals surface area (Å²) in [5.41, 5.74) is 6.47. The Morgan fingerprint density at radius 1 is 0.744 bits per heavy atom. The zero-order valence-electron chi connectivity index (χ0n) is 25.6. The monoisotopic (exact) mass is 623 g/mol. The lowest BCUT2D eigenvalue weighted by molar-refractivity contribution is -0.486. The average Bonchev–Trinajstić information content (AvgIpc) is 2.95. The van der Waals surface area contributed by atoms with E-state index in [-0.39, 0.29) is 0 Å². The molecule has 2 N–H and O–H groups in total. The van der Waals surface area contributed by atoms with Crippen LogP contribution in [-0.2, 0) is 76.0 Å². The number of hydrogen-bond acceptors (Lipinski definition) is 17. The van der Waals surface area contributed by atoms with Gasteiger partial charge in [0.05, 0.1) is 13.2 Å². The van der Waals surface area contributed by atoms with E-state index in [1.807, 2.05) is 0 Å². The maximum absolute atomic E-state index is 13.0. The molecule has 17 nitrogen and oxygen atoms in total. The normalized spacial score (nSPS) is 41.0. The van der Waals surface area contributed by atoms with Crippen LogP contribution < -0.4 is 5.73 Å². The maximum atomic E-state index is 13.0. The van der Waals surface area contributed by atoms with Crippen molar-refractivity contribution < 1.29 is 76.0 Å². The van der Waals surface area contributed by atoms with Crippen LogP contribution in [-0.4, -0.2) is 132 Å². The van der Waals surface area contributed by atoms with E-state index in [1.54, 1.807) is 13.8 Å². The lowest BCUT2D eigenvalue weighted by Crippen LogP contribution is -2.74. The fourth-order valence-electron chi connectivity index (χ4n) is 5.12. The van der Waals surface area contributed by atoms with Crippen LogP contribution in [0.15, 0.2) is 0 Å². The standard InChI is InChI=1S/C26H41NO16/c1-11(28)36-10-14-16(37-12(2)29)17(38-13(3)30)15(27)23(39-14)40-18-19-21(24(33-7)41-20(18)22(31)32-6)43-26(5,35-9)25(4,34-8)42-19/h14-21,23-24H,10,27H2,1-9H3/t14-,15-,16-,17-,18+,19+,20+,21-,23+,24-,25-,26-/m1/s1. The Bertz CT molecular complexity index is 1030. The van der Waals surface area contributed by atoms with Crippen molar-refractivity contribution in [2.75, 3.05) is 35.0 Å². The molecule has 0 aromatic carbocycles. The highest BCUT2D eigenvalue weighted by molar-refractivity contribution is 5.75. The summed E-state index contributed by atoms with van der Waals surface area (Å²) in [5, 5.41) is 0. The fourth-order valence-corrected chi connectivity index (χ4v) is 5.12. The van der Waals surface area contributed by atoms with Gasteiger partial charge in [-0.05, 0) is 13.8 Å². The summed E-state index contributed by atoms with van der Waals surface area (Å²) in [5.74, 6) is -6.03. The molecule has 3 aliphatic rings. The SMILES string of the molecule is COC(=O)[C@H]1O[C@@H](OC)[C@@H]2O[C@@](C)(OC)[C@](C)(OC)O[C@H]2[C@@H]1O[C@@H]1O[C@H](COC(C)=O)[C@@H](OC(C)=O)[C@H](OC(C)=O)[C@H]1N. The molecule has 0 bridgehead atoms. The molecule has 0 unspecified atom stereocenters. The summed E-state index contributed by atoms with van der Waals surface area (Å²) in [6.45, 7) is 6.15. The van der Waals surface area contributed by atoms with Crippen LogP contribution in [0.2, 0.25) is 0 Å². The van der Waals surface area contributed by atoms with Crippen molar-refractivity contribution >= 4 is 23.9 Å². The molecule has 3 aliphatic heterocycles. The van der Waals surface area contributed by atoms with Crippen LogP contribution in [0.1, 0.15) is 34.6 Å². The Morgan fingerprint density at radius 2 is 1.30 bits per heavy atom. The van der Waals surface area contributed by atoms with Crippen molar-refractivity contribution in [3.8, 4) is 0 Å². The molecule has 0 aromatic rings. The highest BCUT2D eigenvalue weighted by Gasteiger charge is 2.65. The van der Waals surface area contributed by atoms with Crippen molar-refractivity contribution in [3.63, 3.8) is 0 Å². The van der Waals surface area contributed by atoms with Gasteiger partial charge in [0.1, 0.15) is 31.0 Å². The first-order valence-corrected chi connectivity index (χ1v) is 13.4. The molecule has 3 fully saturated rings. The van der Waals surface area contributed by atoms with Crippen LogP contribution in [0.3, 0.4) is 0 Å². The molecule has 3 rings (SSSR count).